The standard InChI is InChI=1S/C33H56O19/c1-11-21(37)24(40)27(43)31(47-11)46-10-20-23(39)26(42)29(45)33(52-20)50-18-8-15-16(48-30(18)12-2-4-13(35)5-3-12)6-14(36)7-17(15)49-32-28(44)25(41)22(38)19(9-34)51-32/h11-45H,2-10H2,1H3/p+1/t11-,12?,13?,14?,15?,16?,17?,18?,19+,20+,21-,22+,23+,24+,25-,26-,27+,28+,29+,30?,31+,32+,33+/m0/s1. The van der Waals surface area contributed by atoms with Gasteiger partial charge in [0.25, 0.3) is 0 Å². The summed E-state index contributed by atoms with van der Waals surface area (Å²) < 4.78 is 40.3. The van der Waals surface area contributed by atoms with E-state index in [0.29, 0.717) is 32.1 Å². The Hall–Kier alpha value is -0.760. The van der Waals surface area contributed by atoms with Gasteiger partial charge < -0.3 is 94.4 Å². The molecule has 2 aliphatic carbocycles. The van der Waals surface area contributed by atoms with Crippen molar-refractivity contribution in [2.24, 2.45) is 11.8 Å². The van der Waals surface area contributed by atoms with E-state index in [1.807, 2.05) is 0 Å². The molecule has 13 N–H and O–H groups in total. The molecule has 0 radical (unpaired) electrons. The zero-order valence-corrected chi connectivity index (χ0v) is 28.9. The highest BCUT2D eigenvalue weighted by molar-refractivity contribution is 4.99. The van der Waals surface area contributed by atoms with Crippen LogP contribution in [0.2, 0.25) is 0 Å². The first kappa shape index (κ1) is 40.9. The third-order valence-electron chi connectivity index (χ3n) is 11.8. The molecule has 0 aromatic heterocycles. The van der Waals surface area contributed by atoms with Gasteiger partial charge in [0, 0.05) is 18.8 Å². The van der Waals surface area contributed by atoms with Gasteiger partial charge in [-0.15, -0.1) is 0 Å². The van der Waals surface area contributed by atoms with Crippen LogP contribution in [0.15, 0.2) is 0 Å². The van der Waals surface area contributed by atoms with Crippen LogP contribution in [-0.4, -0.2) is 208 Å². The lowest BCUT2D eigenvalue weighted by atomic mass is 9.73. The van der Waals surface area contributed by atoms with Gasteiger partial charge in [0.15, 0.2) is 31.1 Å². The maximum absolute atomic E-state index is 11.0. The monoisotopic (exact) mass is 757 g/mol. The van der Waals surface area contributed by atoms with E-state index in [-0.39, 0.29) is 18.8 Å². The van der Waals surface area contributed by atoms with Crippen LogP contribution in [-0.2, 0) is 28.4 Å². The summed E-state index contributed by atoms with van der Waals surface area (Å²) in [5.41, 5.74) is 0. The zero-order valence-electron chi connectivity index (χ0n) is 28.9. The first-order valence-corrected chi connectivity index (χ1v) is 18.4. The quantitative estimate of drug-likeness (QED) is 0.0975. The molecule has 19 heteroatoms. The molecule has 0 spiro atoms. The average molecular weight is 758 g/mol. The van der Waals surface area contributed by atoms with Crippen LogP contribution >= 0.6 is 0 Å². The second kappa shape index (κ2) is 17.2. The lowest BCUT2D eigenvalue weighted by molar-refractivity contribution is -0.370. The SMILES string of the molecule is C[C@@H]1O[C@@H](OC[C@H]2O[C@@H](OC3CC4C(O[C@@H]5O[C@H](CO)[C@@H](O)[C@H](O)[C@H]5O)CC(O)CC4[OH+]C3C3CCC(O)CC3)[C@H](O)[C@@H](O)[C@@H]2O)[C@H](O)[C@H](O)[C@H]1O. The molecule has 4 heterocycles. The molecule has 0 amide bonds. The molecule has 52 heavy (non-hydrogen) atoms. The van der Waals surface area contributed by atoms with Gasteiger partial charge in [-0.3, -0.25) is 0 Å². The summed E-state index contributed by atoms with van der Waals surface area (Å²) in [6.07, 6.45) is -23.3. The molecule has 4 saturated heterocycles. The molecule has 6 rings (SSSR count). The van der Waals surface area contributed by atoms with Gasteiger partial charge >= 0.3 is 0 Å². The van der Waals surface area contributed by atoms with Crippen molar-refractivity contribution in [2.75, 3.05) is 13.2 Å². The zero-order chi connectivity index (χ0) is 37.6. The summed E-state index contributed by atoms with van der Waals surface area (Å²) in [4.78, 5) is 0. The van der Waals surface area contributed by atoms with Crippen LogP contribution < -0.4 is 0 Å². The highest BCUT2D eigenvalue weighted by atomic mass is 16.7. The topological polar surface area (TPSA) is 311 Å². The first-order chi connectivity index (χ1) is 24.7. The van der Waals surface area contributed by atoms with E-state index in [2.05, 4.69) is 0 Å². The van der Waals surface area contributed by atoms with E-state index in [1.165, 1.54) is 6.92 Å². The maximum Gasteiger partial charge on any atom is 0.187 e. The molecular weight excluding hydrogens is 700 g/mol. The largest absolute Gasteiger partial charge is 0.427 e. The van der Waals surface area contributed by atoms with Gasteiger partial charge in [0.05, 0.1) is 43.5 Å². The van der Waals surface area contributed by atoms with Crippen molar-refractivity contribution in [2.45, 2.75) is 181 Å². The lowest BCUT2D eigenvalue weighted by Gasteiger charge is -2.50. The first-order valence-electron chi connectivity index (χ1n) is 18.4. The van der Waals surface area contributed by atoms with Crippen molar-refractivity contribution >= 4 is 0 Å². The number of fused-ring (bicyclic) bond motifs is 1. The second-order valence-electron chi connectivity index (χ2n) is 15.4. The Kier molecular flexibility index (Phi) is 13.5. The molecule has 2 saturated carbocycles. The fraction of sp³-hybridized carbons (Fsp3) is 1.00. The van der Waals surface area contributed by atoms with Crippen molar-refractivity contribution < 1.29 is 94.4 Å². The van der Waals surface area contributed by atoms with Gasteiger partial charge in [0.2, 0.25) is 0 Å². The molecule has 0 aromatic rings. The number of ether oxygens (including phenoxy) is 7. The van der Waals surface area contributed by atoms with Crippen LogP contribution in [0.25, 0.3) is 0 Å². The predicted molar refractivity (Wildman–Crippen MR) is 170 cm³/mol. The summed E-state index contributed by atoms with van der Waals surface area (Å²) in [6.45, 7) is 0.350. The molecule has 6 aliphatic rings. The number of aliphatic hydroxyl groups excluding tert-OH is 12. The minimum absolute atomic E-state index is 0.0534. The Morgan fingerprint density at radius 2 is 1.12 bits per heavy atom. The molecule has 19 nitrogen and oxygen atoms in total. The third-order valence-corrected chi connectivity index (χ3v) is 11.8. The average Bonchev–Trinajstić information content (AvgIpc) is 3.12. The fourth-order valence-corrected chi connectivity index (χ4v) is 8.64. The molecule has 4 aliphatic heterocycles. The minimum atomic E-state index is -1.75. The molecule has 6 fully saturated rings. The van der Waals surface area contributed by atoms with Gasteiger partial charge in [0.1, 0.15) is 73.2 Å². The summed E-state index contributed by atoms with van der Waals surface area (Å²) in [6, 6.07) is 0. The van der Waals surface area contributed by atoms with Crippen molar-refractivity contribution in [1.82, 2.24) is 0 Å². The number of hydrogen-bond acceptors (Lipinski definition) is 18. The van der Waals surface area contributed by atoms with E-state index >= 15 is 0 Å². The Labute approximate surface area is 300 Å². The number of hydrogen-bond donors (Lipinski definition) is 12. The van der Waals surface area contributed by atoms with Gasteiger partial charge in [-0.2, -0.15) is 0 Å². The van der Waals surface area contributed by atoms with Crippen molar-refractivity contribution in [3.63, 3.8) is 0 Å². The highest BCUT2D eigenvalue weighted by Crippen LogP contribution is 2.44. The normalized spacial score (nSPS) is 54.8. The smallest absolute Gasteiger partial charge is 0.187 e. The van der Waals surface area contributed by atoms with E-state index in [4.69, 9.17) is 33.2 Å². The maximum atomic E-state index is 11.0. The van der Waals surface area contributed by atoms with Crippen LogP contribution in [0.5, 0.6) is 0 Å². The van der Waals surface area contributed by atoms with Gasteiger partial charge in [-0.25, -0.2) is 0 Å². The van der Waals surface area contributed by atoms with E-state index in [9.17, 15) is 61.3 Å². The third kappa shape index (κ3) is 8.48. The Balaban J connectivity index is 1.19. The van der Waals surface area contributed by atoms with Crippen LogP contribution in [0.3, 0.4) is 0 Å². The van der Waals surface area contributed by atoms with Crippen LogP contribution in [0, 0.1) is 11.8 Å². The van der Waals surface area contributed by atoms with Crippen LogP contribution in [0.1, 0.15) is 51.9 Å². The second-order valence-corrected chi connectivity index (χ2v) is 15.4. The Bertz CT molecular complexity index is 1130. The molecule has 0 bridgehead atoms. The number of rotatable bonds is 9. The van der Waals surface area contributed by atoms with E-state index in [1.54, 1.807) is 0 Å². The van der Waals surface area contributed by atoms with Crippen LogP contribution in [0.4, 0.5) is 0 Å². The highest BCUT2D eigenvalue weighted by Gasteiger charge is 2.56. The van der Waals surface area contributed by atoms with Gasteiger partial charge in [-0.1, -0.05) is 0 Å². The Morgan fingerprint density at radius 3 is 1.75 bits per heavy atom. The molecule has 302 valence electrons. The van der Waals surface area contributed by atoms with Gasteiger partial charge in [-0.05, 0) is 39.0 Å². The lowest BCUT2D eigenvalue weighted by Crippen LogP contribution is -2.64. The summed E-state index contributed by atoms with van der Waals surface area (Å²) >= 11 is 0. The minimum Gasteiger partial charge on any atom is -0.427 e. The van der Waals surface area contributed by atoms with E-state index < -0.39 is 148 Å². The molecule has 0 aromatic carbocycles. The molecule has 21 atom stereocenters. The molecular formula is C33H57O19+. The summed E-state index contributed by atoms with van der Waals surface area (Å²) in [5.74, 6) is -0.502. The van der Waals surface area contributed by atoms with Crippen molar-refractivity contribution in [3.8, 4) is 0 Å². The predicted octanol–water partition coefficient (Wildman–Crippen LogP) is -5.80. The van der Waals surface area contributed by atoms with Crippen molar-refractivity contribution in [1.29, 1.82) is 0 Å². The fourth-order valence-electron chi connectivity index (χ4n) is 8.64. The van der Waals surface area contributed by atoms with E-state index in [0.717, 1.165) is 0 Å². The number of aliphatic hydroxyl groups is 14. The Morgan fingerprint density at radius 1 is 0.558 bits per heavy atom. The summed E-state index contributed by atoms with van der Waals surface area (Å²) in [5, 5.41) is 125. The summed E-state index contributed by atoms with van der Waals surface area (Å²) in [7, 11) is 0. The van der Waals surface area contributed by atoms with Crippen molar-refractivity contribution in [3.05, 3.63) is 0 Å². The molecule has 6 unspecified atom stereocenters.